The predicted octanol–water partition coefficient (Wildman–Crippen LogP) is 2.98. The topological polar surface area (TPSA) is 72.2 Å². The molecule has 20 heavy (non-hydrogen) atoms. The minimum Gasteiger partial charge on any atom is -0.399 e. The largest absolute Gasteiger partial charge is 0.399 e. The summed E-state index contributed by atoms with van der Waals surface area (Å²) >= 11 is 5.17. The molecule has 0 amide bonds. The summed E-state index contributed by atoms with van der Waals surface area (Å²) < 4.78 is 28.1. The number of halogens is 1. The van der Waals surface area contributed by atoms with Crippen LogP contribution in [0, 0.1) is 0 Å². The molecule has 1 fully saturated rings. The molecule has 0 saturated heterocycles. The molecular weight excluding hydrogens is 360 g/mol. The maximum atomic E-state index is 12.4. The Hall–Kier alpha value is -0.240. The van der Waals surface area contributed by atoms with Crippen molar-refractivity contribution in [1.82, 2.24) is 4.72 Å². The molecule has 0 bridgehead atoms. The van der Waals surface area contributed by atoms with E-state index in [0.29, 0.717) is 15.4 Å². The fraction of sp³-hybridized carbons (Fsp3) is 0.538. The minimum absolute atomic E-state index is 0.0357. The van der Waals surface area contributed by atoms with Crippen LogP contribution in [0.25, 0.3) is 0 Å². The summed E-state index contributed by atoms with van der Waals surface area (Å²) in [7, 11) is -3.49. The average Bonchev–Trinajstić information content (AvgIpc) is 2.75. The zero-order valence-electron chi connectivity index (χ0n) is 11.3. The summed E-state index contributed by atoms with van der Waals surface area (Å²) in [6.45, 7) is 2.13. The maximum absolute atomic E-state index is 12.4. The molecule has 1 aliphatic carbocycles. The van der Waals surface area contributed by atoms with Crippen LogP contribution in [0.4, 0.5) is 5.69 Å². The monoisotopic (exact) mass is 378 g/mol. The smallest absolute Gasteiger partial charge is 0.241 e. The van der Waals surface area contributed by atoms with E-state index in [-0.39, 0.29) is 10.9 Å². The van der Waals surface area contributed by atoms with Gasteiger partial charge in [0, 0.05) is 21.5 Å². The highest BCUT2D eigenvalue weighted by molar-refractivity contribution is 9.10. The molecule has 0 aliphatic heterocycles. The van der Waals surface area contributed by atoms with E-state index in [2.05, 4.69) is 27.6 Å². The molecule has 0 heterocycles. The van der Waals surface area contributed by atoms with Gasteiger partial charge in [-0.3, -0.25) is 0 Å². The van der Waals surface area contributed by atoms with Crippen molar-refractivity contribution in [2.24, 2.45) is 0 Å². The number of benzene rings is 1. The van der Waals surface area contributed by atoms with Crippen LogP contribution in [-0.4, -0.2) is 25.5 Å². The third-order valence-electron chi connectivity index (χ3n) is 3.35. The normalized spacial score (nSPS) is 23.1. The Bertz CT molecular complexity index is 578. The van der Waals surface area contributed by atoms with Crippen LogP contribution in [0.15, 0.2) is 27.6 Å². The Morgan fingerprint density at radius 2 is 2.20 bits per heavy atom. The molecule has 2 unspecified atom stereocenters. The number of rotatable bonds is 5. The van der Waals surface area contributed by atoms with Gasteiger partial charge in [0.25, 0.3) is 0 Å². The second-order valence-electron chi connectivity index (χ2n) is 4.90. The summed E-state index contributed by atoms with van der Waals surface area (Å²) in [4.78, 5) is 0.248. The van der Waals surface area contributed by atoms with Gasteiger partial charge >= 0.3 is 0 Å². The number of thioether (sulfide) groups is 1. The molecule has 112 valence electrons. The molecule has 1 saturated carbocycles. The highest BCUT2D eigenvalue weighted by Crippen LogP contribution is 2.31. The van der Waals surface area contributed by atoms with Crippen molar-refractivity contribution >= 4 is 43.4 Å². The number of nitrogens with two attached hydrogens (primary N) is 1. The van der Waals surface area contributed by atoms with Gasteiger partial charge in [-0.1, -0.05) is 6.92 Å². The highest BCUT2D eigenvalue weighted by atomic mass is 79.9. The Labute approximate surface area is 133 Å². The van der Waals surface area contributed by atoms with Gasteiger partial charge in [0.2, 0.25) is 10.0 Å². The molecule has 2 rings (SSSR count). The lowest BCUT2D eigenvalue weighted by Crippen LogP contribution is -2.33. The predicted molar refractivity (Wildman–Crippen MR) is 88.4 cm³/mol. The van der Waals surface area contributed by atoms with Crippen molar-refractivity contribution in [1.29, 1.82) is 0 Å². The molecule has 3 N–H and O–H groups in total. The van der Waals surface area contributed by atoms with E-state index < -0.39 is 10.0 Å². The van der Waals surface area contributed by atoms with Gasteiger partial charge in [0.1, 0.15) is 0 Å². The first-order chi connectivity index (χ1) is 9.42. The van der Waals surface area contributed by atoms with Crippen molar-refractivity contribution in [2.75, 3.05) is 11.5 Å². The van der Waals surface area contributed by atoms with E-state index in [1.54, 1.807) is 12.1 Å². The van der Waals surface area contributed by atoms with E-state index >= 15 is 0 Å². The Balaban J connectivity index is 2.08. The molecule has 4 nitrogen and oxygen atoms in total. The molecule has 2 atom stereocenters. The quantitative estimate of drug-likeness (QED) is 0.772. The van der Waals surface area contributed by atoms with Gasteiger partial charge in [-0.25, -0.2) is 13.1 Å². The second-order valence-corrected chi connectivity index (χ2v) is 9.01. The van der Waals surface area contributed by atoms with E-state index in [0.717, 1.165) is 25.0 Å². The van der Waals surface area contributed by atoms with Crippen molar-refractivity contribution in [3.05, 3.63) is 22.7 Å². The van der Waals surface area contributed by atoms with Gasteiger partial charge < -0.3 is 5.73 Å². The first kappa shape index (κ1) is 16.1. The first-order valence-corrected chi connectivity index (χ1v) is 9.94. The van der Waals surface area contributed by atoms with Gasteiger partial charge in [-0.15, -0.1) is 0 Å². The van der Waals surface area contributed by atoms with Crippen LogP contribution in [-0.2, 0) is 10.0 Å². The first-order valence-electron chi connectivity index (χ1n) is 6.61. The standard InChI is InChI=1S/C13H19BrN2O2S2/c1-2-19-11-5-4-10(8-11)16-20(17,18)13-6-3-9(15)7-12(13)14/h3,6-7,10-11,16H,2,4-5,8,15H2,1H3. The highest BCUT2D eigenvalue weighted by Gasteiger charge is 2.29. The molecule has 7 heteroatoms. The van der Waals surface area contributed by atoms with Crippen molar-refractivity contribution in [3.8, 4) is 0 Å². The van der Waals surface area contributed by atoms with Crippen molar-refractivity contribution < 1.29 is 8.42 Å². The summed E-state index contributed by atoms with van der Waals surface area (Å²) in [5.41, 5.74) is 6.18. The number of hydrogen-bond donors (Lipinski definition) is 2. The third kappa shape index (κ3) is 3.90. The molecule has 0 spiro atoms. The van der Waals surface area contributed by atoms with Crippen LogP contribution in [0.3, 0.4) is 0 Å². The van der Waals surface area contributed by atoms with Crippen LogP contribution >= 0.6 is 27.7 Å². The molecule has 0 radical (unpaired) electrons. The molecular formula is C13H19BrN2O2S2. The van der Waals surface area contributed by atoms with Gasteiger partial charge in [-0.2, -0.15) is 11.8 Å². The van der Waals surface area contributed by atoms with E-state index in [1.807, 2.05) is 11.8 Å². The van der Waals surface area contributed by atoms with E-state index in [4.69, 9.17) is 5.73 Å². The molecule has 1 aromatic carbocycles. The summed E-state index contributed by atoms with van der Waals surface area (Å²) in [6, 6.07) is 4.78. The van der Waals surface area contributed by atoms with Crippen molar-refractivity contribution in [3.63, 3.8) is 0 Å². The Kier molecular flexibility index (Phi) is 5.39. The Morgan fingerprint density at radius 1 is 1.45 bits per heavy atom. The molecule has 1 aliphatic rings. The van der Waals surface area contributed by atoms with Crippen molar-refractivity contribution in [2.45, 2.75) is 42.4 Å². The minimum atomic E-state index is -3.49. The number of nitrogen functional groups attached to an aromatic ring is 1. The SMILES string of the molecule is CCSC1CCC(NS(=O)(=O)c2ccc(N)cc2Br)C1. The lowest BCUT2D eigenvalue weighted by atomic mass is 10.3. The fourth-order valence-corrected chi connectivity index (χ4v) is 5.97. The van der Waals surface area contributed by atoms with Crippen LogP contribution < -0.4 is 10.5 Å². The average molecular weight is 379 g/mol. The van der Waals surface area contributed by atoms with Crippen LogP contribution in [0.5, 0.6) is 0 Å². The van der Waals surface area contributed by atoms with Gasteiger partial charge in [0.15, 0.2) is 0 Å². The van der Waals surface area contributed by atoms with Crippen LogP contribution in [0.1, 0.15) is 26.2 Å². The Morgan fingerprint density at radius 3 is 2.85 bits per heavy atom. The lowest BCUT2D eigenvalue weighted by molar-refractivity contribution is 0.552. The van der Waals surface area contributed by atoms with Gasteiger partial charge in [0.05, 0.1) is 4.90 Å². The summed E-state index contributed by atoms with van der Waals surface area (Å²) in [6.07, 6.45) is 2.89. The molecule has 1 aromatic rings. The van der Waals surface area contributed by atoms with E-state index in [1.165, 1.54) is 6.07 Å². The van der Waals surface area contributed by atoms with E-state index in [9.17, 15) is 8.42 Å². The van der Waals surface area contributed by atoms with Gasteiger partial charge in [-0.05, 0) is 59.1 Å². The lowest BCUT2D eigenvalue weighted by Gasteiger charge is -2.14. The third-order valence-corrected chi connectivity index (χ3v) is 7.08. The maximum Gasteiger partial charge on any atom is 0.241 e. The number of nitrogens with one attached hydrogen (secondary N) is 1. The number of anilines is 1. The summed E-state index contributed by atoms with van der Waals surface area (Å²) in [5, 5.41) is 0.572. The number of hydrogen-bond acceptors (Lipinski definition) is 4. The number of sulfonamides is 1. The van der Waals surface area contributed by atoms with Crippen LogP contribution in [0.2, 0.25) is 0 Å². The summed E-state index contributed by atoms with van der Waals surface area (Å²) in [5.74, 6) is 1.08. The molecule has 0 aromatic heterocycles. The zero-order valence-corrected chi connectivity index (χ0v) is 14.5. The fourth-order valence-electron chi connectivity index (χ4n) is 2.45. The second kappa shape index (κ2) is 6.68. The zero-order chi connectivity index (χ0) is 14.8.